The first-order valence-electron chi connectivity index (χ1n) is 9.29. The number of nitrogens with zero attached hydrogens (tertiary/aromatic N) is 3. The molecule has 0 saturated carbocycles. The number of halogens is 1. The molecule has 0 unspecified atom stereocenters. The lowest BCUT2D eigenvalue weighted by Gasteiger charge is -2.33. The Bertz CT molecular complexity index is 941. The van der Waals surface area contributed by atoms with E-state index in [1.54, 1.807) is 16.2 Å². The van der Waals surface area contributed by atoms with E-state index in [0.717, 1.165) is 47.8 Å². The number of aromatic nitrogens is 2. The summed E-state index contributed by atoms with van der Waals surface area (Å²) in [5.41, 5.74) is 2.93. The standard InChI is InChI=1S/C20H23ClN4OS/c1-23-9-7-16(8-10-23)24(2)19(26)11-17-13-27-20-22-18(12-25(17)20)14-3-5-15(21)6-4-14/h3-6,12-13,16H,7-11H2,1-2H3/p+1. The highest BCUT2D eigenvalue weighted by Crippen LogP contribution is 2.25. The second kappa shape index (κ2) is 7.62. The van der Waals surface area contributed by atoms with Gasteiger partial charge in [0.15, 0.2) is 4.96 Å². The molecule has 4 rings (SSSR count). The van der Waals surface area contributed by atoms with Crippen molar-refractivity contribution in [1.29, 1.82) is 0 Å². The van der Waals surface area contributed by atoms with Gasteiger partial charge in [-0.15, -0.1) is 11.3 Å². The van der Waals surface area contributed by atoms with E-state index in [2.05, 4.69) is 7.05 Å². The van der Waals surface area contributed by atoms with Gasteiger partial charge in [0.2, 0.25) is 5.91 Å². The number of nitrogens with one attached hydrogen (secondary N) is 1. The molecule has 1 aromatic carbocycles. The number of carbonyl (C=O) groups excluding carboxylic acids is 1. The molecule has 1 aliphatic rings. The van der Waals surface area contributed by atoms with Crippen LogP contribution in [0.5, 0.6) is 0 Å². The number of likely N-dealkylation sites (tertiary alicyclic amines) is 1. The maximum Gasteiger partial charge on any atom is 0.228 e. The third kappa shape index (κ3) is 3.88. The molecular weight excluding hydrogens is 380 g/mol. The van der Waals surface area contributed by atoms with E-state index in [0.29, 0.717) is 17.5 Å². The molecule has 7 heteroatoms. The number of benzene rings is 1. The van der Waals surface area contributed by atoms with Crippen molar-refractivity contribution in [3.8, 4) is 11.3 Å². The van der Waals surface area contributed by atoms with Crippen molar-refractivity contribution in [2.45, 2.75) is 25.3 Å². The van der Waals surface area contributed by atoms with E-state index in [4.69, 9.17) is 16.6 Å². The Labute approximate surface area is 168 Å². The molecule has 1 N–H and O–H groups in total. The van der Waals surface area contributed by atoms with Gasteiger partial charge >= 0.3 is 0 Å². The molecule has 3 aromatic rings. The van der Waals surface area contributed by atoms with Crippen LogP contribution in [0.4, 0.5) is 0 Å². The molecule has 1 amide bonds. The third-order valence-corrected chi connectivity index (χ3v) is 6.65. The van der Waals surface area contributed by atoms with Crippen molar-refractivity contribution in [1.82, 2.24) is 14.3 Å². The predicted octanol–water partition coefficient (Wildman–Crippen LogP) is 2.39. The largest absolute Gasteiger partial charge is 0.342 e. The Balaban J connectivity index is 1.50. The molecule has 142 valence electrons. The highest BCUT2D eigenvalue weighted by Gasteiger charge is 2.26. The van der Waals surface area contributed by atoms with Gasteiger partial charge in [-0.25, -0.2) is 4.98 Å². The number of quaternary nitrogens is 1. The highest BCUT2D eigenvalue weighted by molar-refractivity contribution is 7.15. The summed E-state index contributed by atoms with van der Waals surface area (Å²) in [5, 5.41) is 2.75. The maximum atomic E-state index is 12.8. The molecule has 1 aliphatic heterocycles. The topological polar surface area (TPSA) is 42.0 Å². The molecule has 1 fully saturated rings. The van der Waals surface area contributed by atoms with Crippen molar-refractivity contribution >= 4 is 33.8 Å². The van der Waals surface area contributed by atoms with Crippen LogP contribution in [0.1, 0.15) is 18.5 Å². The number of hydrogen-bond donors (Lipinski definition) is 1. The maximum absolute atomic E-state index is 12.8. The lowest BCUT2D eigenvalue weighted by Crippen LogP contribution is -3.10. The molecule has 2 aromatic heterocycles. The first-order chi connectivity index (χ1) is 13.0. The molecule has 5 nitrogen and oxygen atoms in total. The third-order valence-electron chi connectivity index (χ3n) is 5.51. The van der Waals surface area contributed by atoms with Gasteiger partial charge in [-0.2, -0.15) is 0 Å². The van der Waals surface area contributed by atoms with Crippen LogP contribution in [-0.4, -0.2) is 53.4 Å². The van der Waals surface area contributed by atoms with Gasteiger partial charge in [0, 0.05) is 53.8 Å². The van der Waals surface area contributed by atoms with Gasteiger partial charge in [0.1, 0.15) is 0 Å². The Morgan fingerprint density at radius 2 is 2.04 bits per heavy atom. The van der Waals surface area contributed by atoms with Crippen LogP contribution in [0.2, 0.25) is 5.02 Å². The fourth-order valence-electron chi connectivity index (χ4n) is 3.68. The Morgan fingerprint density at radius 3 is 2.74 bits per heavy atom. The number of likely N-dealkylation sites (N-methyl/N-ethyl adjacent to an activating group) is 1. The lowest BCUT2D eigenvalue weighted by molar-refractivity contribution is -0.885. The molecule has 0 atom stereocenters. The van der Waals surface area contributed by atoms with E-state index in [1.165, 1.54) is 0 Å². The number of thiazole rings is 1. The molecule has 3 heterocycles. The van der Waals surface area contributed by atoms with Crippen LogP contribution >= 0.6 is 22.9 Å². The van der Waals surface area contributed by atoms with E-state index in [1.807, 2.05) is 52.2 Å². The lowest BCUT2D eigenvalue weighted by atomic mass is 10.0. The van der Waals surface area contributed by atoms with E-state index in [9.17, 15) is 4.79 Å². The smallest absolute Gasteiger partial charge is 0.228 e. The van der Waals surface area contributed by atoms with Crippen molar-refractivity contribution in [3.05, 3.63) is 46.6 Å². The zero-order valence-electron chi connectivity index (χ0n) is 15.6. The number of amides is 1. The Morgan fingerprint density at radius 1 is 1.33 bits per heavy atom. The minimum Gasteiger partial charge on any atom is -0.342 e. The van der Waals surface area contributed by atoms with Crippen molar-refractivity contribution in [3.63, 3.8) is 0 Å². The summed E-state index contributed by atoms with van der Waals surface area (Å²) in [6, 6.07) is 8.04. The molecule has 0 radical (unpaired) electrons. The SMILES string of the molecule is CN(C(=O)Cc1csc2nc(-c3ccc(Cl)cc3)cn12)C1CC[NH+](C)CC1. The average molecular weight is 404 g/mol. The van der Waals surface area contributed by atoms with Gasteiger partial charge in [-0.05, 0) is 12.1 Å². The van der Waals surface area contributed by atoms with Crippen LogP contribution in [0.15, 0.2) is 35.8 Å². The predicted molar refractivity (Wildman–Crippen MR) is 110 cm³/mol. The van der Waals surface area contributed by atoms with Gasteiger partial charge in [0.25, 0.3) is 0 Å². The van der Waals surface area contributed by atoms with Crippen LogP contribution < -0.4 is 4.90 Å². The molecular formula is C20H24ClN4OS+. The summed E-state index contributed by atoms with van der Waals surface area (Å²) in [6.07, 6.45) is 4.58. The van der Waals surface area contributed by atoms with Gasteiger partial charge in [-0.1, -0.05) is 23.7 Å². The van der Waals surface area contributed by atoms with Crippen LogP contribution in [0.3, 0.4) is 0 Å². The normalized spacial score (nSPS) is 20.1. The second-order valence-electron chi connectivity index (χ2n) is 7.38. The van der Waals surface area contributed by atoms with E-state index < -0.39 is 0 Å². The second-order valence-corrected chi connectivity index (χ2v) is 8.66. The zero-order chi connectivity index (χ0) is 19.0. The van der Waals surface area contributed by atoms with Crippen molar-refractivity contribution in [2.75, 3.05) is 27.2 Å². The van der Waals surface area contributed by atoms with Crippen LogP contribution in [-0.2, 0) is 11.2 Å². The number of hydrogen-bond acceptors (Lipinski definition) is 3. The molecule has 0 aliphatic carbocycles. The Hall–Kier alpha value is -1.89. The molecule has 27 heavy (non-hydrogen) atoms. The van der Waals surface area contributed by atoms with Gasteiger partial charge in [-0.3, -0.25) is 9.20 Å². The monoisotopic (exact) mass is 403 g/mol. The quantitative estimate of drug-likeness (QED) is 0.726. The average Bonchev–Trinajstić information content (AvgIpc) is 3.24. The minimum atomic E-state index is 0.181. The fourth-order valence-corrected chi connectivity index (χ4v) is 4.68. The molecule has 0 spiro atoms. The van der Waals surface area contributed by atoms with E-state index >= 15 is 0 Å². The number of piperidine rings is 1. The molecule has 1 saturated heterocycles. The number of fused-ring (bicyclic) bond motifs is 1. The number of carbonyl (C=O) groups is 1. The van der Waals surface area contributed by atoms with Crippen molar-refractivity contribution in [2.24, 2.45) is 0 Å². The Kier molecular flexibility index (Phi) is 5.21. The minimum absolute atomic E-state index is 0.181. The molecule has 0 bridgehead atoms. The van der Waals surface area contributed by atoms with Crippen LogP contribution in [0, 0.1) is 0 Å². The summed E-state index contributed by atoms with van der Waals surface area (Å²) in [6.45, 7) is 2.27. The van der Waals surface area contributed by atoms with Crippen molar-refractivity contribution < 1.29 is 9.69 Å². The number of rotatable bonds is 4. The summed E-state index contributed by atoms with van der Waals surface area (Å²) in [5.74, 6) is 0.181. The summed E-state index contributed by atoms with van der Waals surface area (Å²) in [4.78, 5) is 21.9. The fraction of sp³-hybridized carbons (Fsp3) is 0.400. The first kappa shape index (κ1) is 18.5. The van der Waals surface area contributed by atoms with Gasteiger partial charge < -0.3 is 9.80 Å². The number of imidazole rings is 1. The summed E-state index contributed by atoms with van der Waals surface area (Å²) >= 11 is 7.55. The van der Waals surface area contributed by atoms with Crippen LogP contribution in [0.25, 0.3) is 16.2 Å². The highest BCUT2D eigenvalue weighted by atomic mass is 35.5. The zero-order valence-corrected chi connectivity index (χ0v) is 17.2. The summed E-state index contributed by atoms with van der Waals surface area (Å²) < 4.78 is 2.04. The van der Waals surface area contributed by atoms with E-state index in [-0.39, 0.29) is 5.91 Å². The summed E-state index contributed by atoms with van der Waals surface area (Å²) in [7, 11) is 4.17. The van der Waals surface area contributed by atoms with Gasteiger partial charge in [0.05, 0.1) is 32.3 Å². The first-order valence-corrected chi connectivity index (χ1v) is 10.6.